The number of carbonyl (C=O) groups is 2. The molecule has 0 atom stereocenters. The first-order valence-electron chi connectivity index (χ1n) is 11.2. The number of carbonyl (C=O) groups excluding carboxylic acids is 1. The summed E-state index contributed by atoms with van der Waals surface area (Å²) in [7, 11) is 0. The van der Waals surface area contributed by atoms with Crippen LogP contribution in [0, 0.1) is 5.82 Å². The number of benzene rings is 1. The van der Waals surface area contributed by atoms with Gasteiger partial charge in [0, 0.05) is 6.20 Å². The third-order valence-corrected chi connectivity index (χ3v) is 6.24. The molecule has 1 aliphatic heterocycles. The fraction of sp³-hybridized carbons (Fsp3) is 0.292. The number of carboxylic acid groups (broad SMARTS) is 1. The van der Waals surface area contributed by atoms with E-state index >= 15 is 0 Å². The minimum absolute atomic E-state index is 0.0472. The quantitative estimate of drug-likeness (QED) is 0.458. The van der Waals surface area contributed by atoms with Gasteiger partial charge in [0.1, 0.15) is 11.9 Å². The Morgan fingerprint density at radius 3 is 2.27 bits per heavy atom. The van der Waals surface area contributed by atoms with Gasteiger partial charge in [-0.1, -0.05) is 12.1 Å². The highest BCUT2D eigenvalue weighted by Crippen LogP contribution is 2.46. The number of aromatic carboxylic acids is 1. The zero-order valence-electron chi connectivity index (χ0n) is 19.0. The van der Waals surface area contributed by atoms with Gasteiger partial charge >= 0.3 is 18.2 Å². The molecular formula is C24H19F4N5O4. The molecule has 0 radical (unpaired) electrons. The molecule has 0 spiro atoms. The summed E-state index contributed by atoms with van der Waals surface area (Å²) in [5.74, 6) is -2.40. The summed E-state index contributed by atoms with van der Waals surface area (Å²) in [4.78, 5) is 37.3. The van der Waals surface area contributed by atoms with E-state index < -0.39 is 41.1 Å². The van der Waals surface area contributed by atoms with Crippen molar-refractivity contribution in [3.8, 4) is 6.01 Å². The fourth-order valence-electron chi connectivity index (χ4n) is 4.05. The van der Waals surface area contributed by atoms with Gasteiger partial charge in [0.15, 0.2) is 5.82 Å². The van der Waals surface area contributed by atoms with Crippen LogP contribution in [0.2, 0.25) is 0 Å². The van der Waals surface area contributed by atoms with Crippen LogP contribution in [0.3, 0.4) is 0 Å². The predicted molar refractivity (Wildman–Crippen MR) is 120 cm³/mol. The lowest BCUT2D eigenvalue weighted by Gasteiger charge is -2.40. The summed E-state index contributed by atoms with van der Waals surface area (Å²) in [5, 5.41) is 11.9. The van der Waals surface area contributed by atoms with E-state index in [2.05, 4.69) is 20.3 Å². The number of nitrogens with zero attached hydrogens (tertiary/aromatic N) is 4. The average molecular weight is 517 g/mol. The van der Waals surface area contributed by atoms with Gasteiger partial charge in [-0.2, -0.15) is 13.2 Å². The molecule has 192 valence electrons. The molecule has 2 aliphatic rings. The molecule has 5 rings (SSSR count). The Bertz CT molecular complexity index is 1340. The second-order valence-electron chi connectivity index (χ2n) is 8.84. The summed E-state index contributed by atoms with van der Waals surface area (Å²) >= 11 is 0. The molecule has 2 N–H and O–H groups in total. The van der Waals surface area contributed by atoms with Crippen LogP contribution in [0.15, 0.2) is 48.9 Å². The molecule has 1 saturated heterocycles. The SMILES string of the molecule is O=C(O)c1ccc(C2(NC(=O)c3cc(C(F)(F)F)cnc3N3CC(Oc4ncc(F)cn4)C3)CC2)cc1. The third kappa shape index (κ3) is 5.01. The number of aromatic nitrogens is 3. The van der Waals surface area contributed by atoms with E-state index in [1.807, 2.05) is 0 Å². The number of ether oxygens (including phenoxy) is 1. The third-order valence-electron chi connectivity index (χ3n) is 6.24. The topological polar surface area (TPSA) is 118 Å². The predicted octanol–water partition coefficient (Wildman–Crippen LogP) is 3.41. The van der Waals surface area contributed by atoms with E-state index in [0.29, 0.717) is 24.6 Å². The monoisotopic (exact) mass is 517 g/mol. The van der Waals surface area contributed by atoms with Gasteiger partial charge in [-0.15, -0.1) is 0 Å². The molecule has 0 bridgehead atoms. The largest absolute Gasteiger partial charge is 0.478 e. The average Bonchev–Trinajstić information content (AvgIpc) is 3.62. The van der Waals surface area contributed by atoms with Crippen molar-refractivity contribution in [3.05, 3.63) is 77.0 Å². The Balaban J connectivity index is 1.35. The first-order valence-corrected chi connectivity index (χ1v) is 11.2. The number of amides is 1. The molecule has 37 heavy (non-hydrogen) atoms. The second-order valence-corrected chi connectivity index (χ2v) is 8.84. The molecule has 1 amide bonds. The number of halogens is 4. The number of carboxylic acids is 1. The normalized spacial score (nSPS) is 16.6. The first-order chi connectivity index (χ1) is 17.5. The molecule has 9 nitrogen and oxygen atoms in total. The summed E-state index contributed by atoms with van der Waals surface area (Å²) < 4.78 is 58.8. The zero-order chi connectivity index (χ0) is 26.4. The Morgan fingerprint density at radius 1 is 1.05 bits per heavy atom. The molecule has 13 heteroatoms. The van der Waals surface area contributed by atoms with E-state index in [-0.39, 0.29) is 36.0 Å². The Kier molecular flexibility index (Phi) is 5.92. The maximum atomic E-state index is 13.4. The molecular weight excluding hydrogens is 498 g/mol. The van der Waals surface area contributed by atoms with Crippen molar-refractivity contribution in [2.24, 2.45) is 0 Å². The van der Waals surface area contributed by atoms with Crippen molar-refractivity contribution in [1.82, 2.24) is 20.3 Å². The first kappa shape index (κ1) is 24.4. The lowest BCUT2D eigenvalue weighted by atomic mass is 10.0. The number of nitrogens with one attached hydrogen (secondary N) is 1. The van der Waals surface area contributed by atoms with Gasteiger partial charge in [-0.05, 0) is 36.6 Å². The molecule has 3 heterocycles. The second kappa shape index (κ2) is 8.98. The van der Waals surface area contributed by atoms with Gasteiger partial charge in [0.05, 0.1) is 47.7 Å². The minimum Gasteiger partial charge on any atom is -0.478 e. The number of hydrogen-bond acceptors (Lipinski definition) is 7. The number of alkyl halides is 3. The van der Waals surface area contributed by atoms with Gasteiger partial charge in [0.2, 0.25) is 0 Å². The van der Waals surface area contributed by atoms with Gasteiger partial charge in [-0.3, -0.25) is 4.79 Å². The van der Waals surface area contributed by atoms with E-state index in [1.165, 1.54) is 12.1 Å². The maximum absolute atomic E-state index is 13.4. The van der Waals surface area contributed by atoms with E-state index in [1.54, 1.807) is 17.0 Å². The van der Waals surface area contributed by atoms with E-state index in [4.69, 9.17) is 9.84 Å². The highest BCUT2D eigenvalue weighted by molar-refractivity contribution is 6.00. The van der Waals surface area contributed by atoms with Crippen LogP contribution in [0.4, 0.5) is 23.4 Å². The zero-order valence-corrected chi connectivity index (χ0v) is 19.0. The number of hydrogen-bond donors (Lipinski definition) is 2. The lowest BCUT2D eigenvalue weighted by molar-refractivity contribution is -0.137. The van der Waals surface area contributed by atoms with Crippen molar-refractivity contribution >= 4 is 17.7 Å². The summed E-state index contributed by atoms with van der Waals surface area (Å²) in [6.07, 6.45) is -1.49. The van der Waals surface area contributed by atoms with Crippen molar-refractivity contribution in [1.29, 1.82) is 0 Å². The number of rotatable bonds is 7. The van der Waals surface area contributed by atoms with Crippen LogP contribution in [0.1, 0.15) is 44.7 Å². The molecule has 0 unspecified atom stereocenters. The standard InChI is InChI=1S/C24H19F4N5O4/c25-16-9-30-22(31-10-16)37-17-11-33(12-17)19-18(7-15(8-29-19)24(26,27)28)20(34)32-23(5-6-23)14-3-1-13(2-4-14)21(35)36/h1-4,7-10,17H,5-6,11-12H2,(H,32,34)(H,35,36). The van der Waals surface area contributed by atoms with Crippen molar-refractivity contribution in [3.63, 3.8) is 0 Å². The van der Waals surface area contributed by atoms with Crippen molar-refractivity contribution in [2.45, 2.75) is 30.7 Å². The van der Waals surface area contributed by atoms with Crippen molar-refractivity contribution in [2.75, 3.05) is 18.0 Å². The molecule has 2 fully saturated rings. The summed E-state index contributed by atoms with van der Waals surface area (Å²) in [5.41, 5.74) is -1.38. The summed E-state index contributed by atoms with van der Waals surface area (Å²) in [6, 6.07) is 6.69. The van der Waals surface area contributed by atoms with Crippen molar-refractivity contribution < 1.29 is 37.0 Å². The molecule has 3 aromatic rings. The number of pyridine rings is 1. The smallest absolute Gasteiger partial charge is 0.417 e. The van der Waals surface area contributed by atoms with Crippen LogP contribution in [-0.2, 0) is 11.7 Å². The van der Waals surface area contributed by atoms with Gasteiger partial charge in [-0.25, -0.2) is 24.1 Å². The Labute approximate surface area is 207 Å². The molecule has 1 aromatic carbocycles. The highest BCUT2D eigenvalue weighted by atomic mass is 19.4. The van der Waals surface area contributed by atoms with Crippen LogP contribution >= 0.6 is 0 Å². The Morgan fingerprint density at radius 2 is 1.70 bits per heavy atom. The highest BCUT2D eigenvalue weighted by Gasteiger charge is 2.47. The van der Waals surface area contributed by atoms with Gasteiger partial charge in [0.25, 0.3) is 5.91 Å². The van der Waals surface area contributed by atoms with Crippen LogP contribution < -0.4 is 15.0 Å². The van der Waals surface area contributed by atoms with E-state index in [9.17, 15) is 27.2 Å². The minimum atomic E-state index is -4.70. The van der Waals surface area contributed by atoms with Crippen LogP contribution in [-0.4, -0.2) is 51.1 Å². The summed E-state index contributed by atoms with van der Waals surface area (Å²) in [6.45, 7) is 0.391. The molecule has 1 aliphatic carbocycles. The van der Waals surface area contributed by atoms with Crippen LogP contribution in [0.25, 0.3) is 0 Å². The number of anilines is 1. The molecule has 1 saturated carbocycles. The van der Waals surface area contributed by atoms with E-state index in [0.717, 1.165) is 18.5 Å². The van der Waals surface area contributed by atoms with Crippen LogP contribution in [0.5, 0.6) is 6.01 Å². The Hall–Kier alpha value is -4.29. The lowest BCUT2D eigenvalue weighted by Crippen LogP contribution is -2.55. The maximum Gasteiger partial charge on any atom is 0.417 e. The fourth-order valence-corrected chi connectivity index (χ4v) is 4.05. The van der Waals surface area contributed by atoms with Gasteiger partial charge < -0.3 is 20.1 Å². The molecule has 2 aromatic heterocycles.